The van der Waals surface area contributed by atoms with Crippen LogP contribution in [0.2, 0.25) is 0 Å². The summed E-state index contributed by atoms with van der Waals surface area (Å²) in [6.45, 7) is 2.10. The van der Waals surface area contributed by atoms with Gasteiger partial charge in [0.1, 0.15) is 11.9 Å². The minimum absolute atomic E-state index is 0.342. The lowest BCUT2D eigenvalue weighted by atomic mass is 10.0. The predicted octanol–water partition coefficient (Wildman–Crippen LogP) is 3.07. The van der Waals surface area contributed by atoms with Crippen molar-refractivity contribution in [1.29, 1.82) is 0 Å². The van der Waals surface area contributed by atoms with Gasteiger partial charge in [-0.25, -0.2) is 0 Å². The van der Waals surface area contributed by atoms with Crippen LogP contribution in [0.1, 0.15) is 12.8 Å². The van der Waals surface area contributed by atoms with Gasteiger partial charge in [0.05, 0.1) is 0 Å². The molecule has 1 fully saturated rings. The molecule has 0 atom stereocenters. The second kappa shape index (κ2) is 5.97. The zero-order valence-electron chi connectivity index (χ0n) is 11.5. The van der Waals surface area contributed by atoms with Crippen LogP contribution in [-0.2, 0) is 0 Å². The average molecular weight is 268 g/mol. The van der Waals surface area contributed by atoms with E-state index in [0.717, 1.165) is 48.5 Å². The Morgan fingerprint density at radius 2 is 1.70 bits per heavy atom. The van der Waals surface area contributed by atoms with Crippen LogP contribution in [0, 0.1) is 0 Å². The van der Waals surface area contributed by atoms with Gasteiger partial charge >= 0.3 is 0 Å². The van der Waals surface area contributed by atoms with Gasteiger partial charge < -0.3 is 15.8 Å². The number of nitrogen functional groups attached to an aromatic ring is 1. The molecule has 3 heteroatoms. The van der Waals surface area contributed by atoms with Crippen molar-refractivity contribution in [3.8, 4) is 16.9 Å². The number of nitrogens with two attached hydrogens (primary N) is 1. The van der Waals surface area contributed by atoms with Gasteiger partial charge in [-0.05, 0) is 61.3 Å². The molecule has 0 saturated carbocycles. The summed E-state index contributed by atoms with van der Waals surface area (Å²) in [5, 5.41) is 3.34. The summed E-state index contributed by atoms with van der Waals surface area (Å²) in [5.74, 6) is 0.949. The summed E-state index contributed by atoms with van der Waals surface area (Å²) in [6, 6.07) is 16.2. The molecule has 20 heavy (non-hydrogen) atoms. The monoisotopic (exact) mass is 268 g/mol. The Kier molecular flexibility index (Phi) is 3.88. The number of anilines is 1. The van der Waals surface area contributed by atoms with Gasteiger partial charge in [-0.2, -0.15) is 0 Å². The van der Waals surface area contributed by atoms with E-state index in [-0.39, 0.29) is 0 Å². The maximum absolute atomic E-state index is 6.01. The lowest BCUT2D eigenvalue weighted by molar-refractivity contribution is 0.162. The molecule has 0 bridgehead atoms. The average Bonchev–Trinajstić information content (AvgIpc) is 2.49. The second-order valence-electron chi connectivity index (χ2n) is 5.22. The van der Waals surface area contributed by atoms with Crippen LogP contribution < -0.4 is 15.8 Å². The molecule has 0 aromatic heterocycles. The van der Waals surface area contributed by atoms with E-state index in [4.69, 9.17) is 10.5 Å². The first-order chi connectivity index (χ1) is 9.81. The highest BCUT2D eigenvalue weighted by molar-refractivity contribution is 5.67. The number of rotatable bonds is 3. The standard InChI is InChI=1S/C17H20N2O/c18-15-3-1-2-14(12-15)13-4-6-16(7-5-13)20-17-8-10-19-11-9-17/h1-7,12,17,19H,8-11,18H2. The Labute approximate surface area is 119 Å². The van der Waals surface area contributed by atoms with Crippen molar-refractivity contribution < 1.29 is 4.74 Å². The first-order valence-corrected chi connectivity index (χ1v) is 7.14. The van der Waals surface area contributed by atoms with Gasteiger partial charge in [-0.3, -0.25) is 0 Å². The number of hydrogen-bond donors (Lipinski definition) is 2. The molecule has 1 heterocycles. The van der Waals surface area contributed by atoms with Crippen molar-refractivity contribution in [3.05, 3.63) is 48.5 Å². The number of nitrogens with one attached hydrogen (secondary N) is 1. The third-order valence-corrected chi connectivity index (χ3v) is 3.66. The molecule has 0 amide bonds. The SMILES string of the molecule is Nc1cccc(-c2ccc(OC3CCNCC3)cc2)c1. The molecule has 0 aliphatic carbocycles. The van der Waals surface area contributed by atoms with E-state index in [9.17, 15) is 0 Å². The first kappa shape index (κ1) is 13.0. The zero-order valence-corrected chi connectivity index (χ0v) is 11.5. The maximum atomic E-state index is 6.01. The van der Waals surface area contributed by atoms with Crippen LogP contribution >= 0.6 is 0 Å². The second-order valence-corrected chi connectivity index (χ2v) is 5.22. The molecule has 0 spiro atoms. The van der Waals surface area contributed by atoms with E-state index in [1.165, 1.54) is 0 Å². The largest absolute Gasteiger partial charge is 0.490 e. The molecular formula is C17H20N2O. The van der Waals surface area contributed by atoms with Crippen molar-refractivity contribution in [2.45, 2.75) is 18.9 Å². The van der Waals surface area contributed by atoms with Crippen LogP contribution in [-0.4, -0.2) is 19.2 Å². The maximum Gasteiger partial charge on any atom is 0.119 e. The summed E-state index contributed by atoms with van der Waals surface area (Å²) in [7, 11) is 0. The molecule has 3 nitrogen and oxygen atoms in total. The molecule has 1 aliphatic heterocycles. The number of hydrogen-bond acceptors (Lipinski definition) is 3. The molecule has 1 saturated heterocycles. The summed E-state index contributed by atoms with van der Waals surface area (Å²) < 4.78 is 6.01. The third kappa shape index (κ3) is 3.11. The molecular weight excluding hydrogens is 248 g/mol. The zero-order chi connectivity index (χ0) is 13.8. The smallest absolute Gasteiger partial charge is 0.119 e. The van der Waals surface area contributed by atoms with Crippen LogP contribution in [0.3, 0.4) is 0 Å². The molecule has 2 aromatic rings. The number of ether oxygens (including phenoxy) is 1. The van der Waals surface area contributed by atoms with E-state index in [2.05, 4.69) is 23.5 Å². The number of benzene rings is 2. The molecule has 0 unspecified atom stereocenters. The number of piperidine rings is 1. The third-order valence-electron chi connectivity index (χ3n) is 3.66. The summed E-state index contributed by atoms with van der Waals surface area (Å²) in [4.78, 5) is 0. The van der Waals surface area contributed by atoms with Gasteiger partial charge in [-0.1, -0.05) is 24.3 Å². The van der Waals surface area contributed by atoms with Crippen molar-refractivity contribution in [2.75, 3.05) is 18.8 Å². The minimum Gasteiger partial charge on any atom is -0.490 e. The van der Waals surface area contributed by atoms with E-state index in [1.807, 2.05) is 30.3 Å². The van der Waals surface area contributed by atoms with E-state index in [0.29, 0.717) is 6.10 Å². The molecule has 104 valence electrons. The van der Waals surface area contributed by atoms with Crippen molar-refractivity contribution in [3.63, 3.8) is 0 Å². The summed E-state index contributed by atoms with van der Waals surface area (Å²) in [5.41, 5.74) is 8.91. The van der Waals surface area contributed by atoms with Gasteiger partial charge in [-0.15, -0.1) is 0 Å². The predicted molar refractivity (Wildman–Crippen MR) is 82.8 cm³/mol. The lowest BCUT2D eigenvalue weighted by Gasteiger charge is -2.23. The summed E-state index contributed by atoms with van der Waals surface area (Å²) >= 11 is 0. The minimum atomic E-state index is 0.342. The highest BCUT2D eigenvalue weighted by Gasteiger charge is 2.14. The molecule has 1 aliphatic rings. The molecule has 3 rings (SSSR count). The molecule has 3 N–H and O–H groups in total. The molecule has 2 aromatic carbocycles. The Morgan fingerprint density at radius 3 is 2.40 bits per heavy atom. The van der Waals surface area contributed by atoms with E-state index in [1.54, 1.807) is 0 Å². The Bertz CT molecular complexity index is 559. The summed E-state index contributed by atoms with van der Waals surface area (Å²) in [6.07, 6.45) is 2.50. The highest BCUT2D eigenvalue weighted by Crippen LogP contribution is 2.25. The molecule has 0 radical (unpaired) electrons. The fourth-order valence-corrected chi connectivity index (χ4v) is 2.55. The quantitative estimate of drug-likeness (QED) is 0.841. The van der Waals surface area contributed by atoms with Crippen LogP contribution in [0.15, 0.2) is 48.5 Å². The van der Waals surface area contributed by atoms with Gasteiger partial charge in [0, 0.05) is 5.69 Å². The topological polar surface area (TPSA) is 47.3 Å². The van der Waals surface area contributed by atoms with Crippen molar-refractivity contribution >= 4 is 5.69 Å². The van der Waals surface area contributed by atoms with Gasteiger partial charge in [0.2, 0.25) is 0 Å². The fourth-order valence-electron chi connectivity index (χ4n) is 2.55. The van der Waals surface area contributed by atoms with Gasteiger partial charge in [0.25, 0.3) is 0 Å². The highest BCUT2D eigenvalue weighted by atomic mass is 16.5. The Morgan fingerprint density at radius 1 is 0.950 bits per heavy atom. The van der Waals surface area contributed by atoms with E-state index >= 15 is 0 Å². The Balaban J connectivity index is 1.71. The normalized spacial score (nSPS) is 16.0. The Hall–Kier alpha value is -2.00. The van der Waals surface area contributed by atoms with Crippen molar-refractivity contribution in [2.24, 2.45) is 0 Å². The van der Waals surface area contributed by atoms with Crippen LogP contribution in [0.5, 0.6) is 5.75 Å². The van der Waals surface area contributed by atoms with Crippen LogP contribution in [0.4, 0.5) is 5.69 Å². The van der Waals surface area contributed by atoms with Crippen molar-refractivity contribution in [1.82, 2.24) is 5.32 Å². The first-order valence-electron chi connectivity index (χ1n) is 7.14. The van der Waals surface area contributed by atoms with E-state index < -0.39 is 0 Å². The lowest BCUT2D eigenvalue weighted by Crippen LogP contribution is -2.34. The van der Waals surface area contributed by atoms with Gasteiger partial charge in [0.15, 0.2) is 0 Å². The fraction of sp³-hybridized carbons (Fsp3) is 0.294. The van der Waals surface area contributed by atoms with Crippen LogP contribution in [0.25, 0.3) is 11.1 Å².